The molecule has 1 saturated heterocycles. The number of hydrogen-bond acceptors (Lipinski definition) is 3. The summed E-state index contributed by atoms with van der Waals surface area (Å²) in [4.78, 5) is 35.4. The van der Waals surface area contributed by atoms with Gasteiger partial charge in [0.1, 0.15) is 6.04 Å². The minimum absolute atomic E-state index is 0.171. The van der Waals surface area contributed by atoms with E-state index < -0.39 is 6.04 Å². The first-order valence-electron chi connectivity index (χ1n) is 5.41. The lowest BCUT2D eigenvalue weighted by Gasteiger charge is -2.15. The van der Waals surface area contributed by atoms with E-state index in [-0.39, 0.29) is 18.2 Å². The van der Waals surface area contributed by atoms with Gasteiger partial charge in [-0.1, -0.05) is 0 Å². The molecule has 1 aromatic heterocycles. The van der Waals surface area contributed by atoms with E-state index in [0.29, 0.717) is 5.56 Å². The van der Waals surface area contributed by atoms with Gasteiger partial charge in [-0.3, -0.25) is 19.3 Å². The number of likely N-dealkylation sites (tertiary alicyclic amines) is 1. The van der Waals surface area contributed by atoms with Gasteiger partial charge in [-0.15, -0.1) is 0 Å². The first-order valence-corrected chi connectivity index (χ1v) is 5.41. The normalized spacial score (nSPS) is 20.2. The molecule has 0 radical (unpaired) electrons. The van der Waals surface area contributed by atoms with E-state index in [1.54, 1.807) is 17.6 Å². The van der Waals surface area contributed by atoms with E-state index in [2.05, 4.69) is 0 Å². The Hall–Kier alpha value is -1.91. The number of nitrogens with zero attached hydrogens (tertiary/aromatic N) is 2. The van der Waals surface area contributed by atoms with Gasteiger partial charge >= 0.3 is 0 Å². The Balaban J connectivity index is 2.49. The van der Waals surface area contributed by atoms with Crippen LogP contribution in [0.3, 0.4) is 0 Å². The average Bonchev–Trinajstić information content (AvgIpc) is 2.71. The first kappa shape index (κ1) is 11.6. The standard InChI is InChI=1S/C12H14N2O3/c1-7-4-9(6-15)8(2)14(7)10-5-11(16)13(3)12(10)17/h4,6,10H,5H2,1-3H3. The van der Waals surface area contributed by atoms with Gasteiger partial charge in [0.15, 0.2) is 6.29 Å². The molecule has 0 aromatic carbocycles. The molecule has 2 rings (SSSR count). The predicted octanol–water partition coefficient (Wildman–Crippen LogP) is 0.847. The maximum Gasteiger partial charge on any atom is 0.252 e. The summed E-state index contributed by atoms with van der Waals surface area (Å²) < 4.78 is 1.77. The second-order valence-corrected chi connectivity index (χ2v) is 4.33. The van der Waals surface area contributed by atoms with Gasteiger partial charge in [-0.05, 0) is 19.9 Å². The molecule has 1 aliphatic heterocycles. The minimum Gasteiger partial charge on any atom is -0.336 e. The van der Waals surface area contributed by atoms with Crippen molar-refractivity contribution in [2.75, 3.05) is 7.05 Å². The van der Waals surface area contributed by atoms with Crippen molar-refractivity contribution >= 4 is 18.1 Å². The largest absolute Gasteiger partial charge is 0.336 e. The van der Waals surface area contributed by atoms with Crippen LogP contribution in [-0.4, -0.2) is 34.6 Å². The minimum atomic E-state index is -0.499. The molecule has 5 nitrogen and oxygen atoms in total. The van der Waals surface area contributed by atoms with Gasteiger partial charge in [-0.2, -0.15) is 0 Å². The molecular weight excluding hydrogens is 220 g/mol. The quantitative estimate of drug-likeness (QED) is 0.563. The molecule has 17 heavy (non-hydrogen) atoms. The number of aryl methyl sites for hydroxylation is 1. The molecule has 1 fully saturated rings. The molecular formula is C12H14N2O3. The van der Waals surface area contributed by atoms with Crippen LogP contribution in [0.25, 0.3) is 0 Å². The summed E-state index contributed by atoms with van der Waals surface area (Å²) in [6, 6.07) is 1.24. The molecule has 2 amide bonds. The highest BCUT2D eigenvalue weighted by Crippen LogP contribution is 2.28. The van der Waals surface area contributed by atoms with Crippen molar-refractivity contribution in [3.63, 3.8) is 0 Å². The molecule has 1 unspecified atom stereocenters. The Morgan fingerprint density at radius 1 is 1.35 bits per heavy atom. The van der Waals surface area contributed by atoms with Crippen LogP contribution in [0.5, 0.6) is 0 Å². The highest BCUT2D eigenvalue weighted by Gasteiger charge is 2.38. The smallest absolute Gasteiger partial charge is 0.252 e. The van der Waals surface area contributed by atoms with Gasteiger partial charge in [-0.25, -0.2) is 0 Å². The summed E-state index contributed by atoms with van der Waals surface area (Å²) in [6.45, 7) is 3.61. The number of aromatic nitrogens is 1. The zero-order valence-electron chi connectivity index (χ0n) is 10.1. The number of carbonyl (C=O) groups excluding carboxylic acids is 3. The number of aldehydes is 1. The van der Waals surface area contributed by atoms with Crippen LogP contribution in [-0.2, 0) is 9.59 Å². The third-order valence-electron chi connectivity index (χ3n) is 3.32. The van der Waals surface area contributed by atoms with E-state index >= 15 is 0 Å². The highest BCUT2D eigenvalue weighted by atomic mass is 16.2. The number of amides is 2. The van der Waals surface area contributed by atoms with Crippen molar-refractivity contribution in [2.45, 2.75) is 26.3 Å². The topological polar surface area (TPSA) is 59.4 Å². The van der Waals surface area contributed by atoms with Crippen LogP contribution in [0.2, 0.25) is 0 Å². The summed E-state index contributed by atoms with van der Waals surface area (Å²) in [5.41, 5.74) is 2.13. The molecule has 2 heterocycles. The second kappa shape index (κ2) is 3.84. The summed E-state index contributed by atoms with van der Waals surface area (Å²) in [5.74, 6) is -0.394. The number of likely N-dealkylation sites (N-methyl/N-ethyl adjacent to an activating group) is 1. The van der Waals surface area contributed by atoms with Crippen LogP contribution in [0.15, 0.2) is 6.07 Å². The molecule has 1 aromatic rings. The molecule has 1 aliphatic rings. The van der Waals surface area contributed by atoms with Crippen molar-refractivity contribution in [1.82, 2.24) is 9.47 Å². The number of hydrogen-bond donors (Lipinski definition) is 0. The summed E-state index contributed by atoms with van der Waals surface area (Å²) >= 11 is 0. The van der Waals surface area contributed by atoms with E-state index in [1.807, 2.05) is 6.92 Å². The molecule has 1 atom stereocenters. The Morgan fingerprint density at radius 3 is 2.41 bits per heavy atom. The van der Waals surface area contributed by atoms with E-state index in [9.17, 15) is 14.4 Å². The van der Waals surface area contributed by atoms with Gasteiger partial charge in [0.05, 0.1) is 6.42 Å². The maximum absolute atomic E-state index is 11.9. The van der Waals surface area contributed by atoms with Gasteiger partial charge in [0.2, 0.25) is 5.91 Å². The van der Waals surface area contributed by atoms with Crippen molar-refractivity contribution < 1.29 is 14.4 Å². The third-order valence-corrected chi connectivity index (χ3v) is 3.32. The molecule has 0 saturated carbocycles. The van der Waals surface area contributed by atoms with Crippen molar-refractivity contribution in [3.8, 4) is 0 Å². The Kier molecular flexibility index (Phi) is 2.61. The Bertz CT molecular complexity index is 516. The maximum atomic E-state index is 11.9. The first-order chi connectivity index (χ1) is 7.97. The second-order valence-electron chi connectivity index (χ2n) is 4.33. The van der Waals surface area contributed by atoms with Crippen molar-refractivity contribution in [3.05, 3.63) is 23.0 Å². The predicted molar refractivity (Wildman–Crippen MR) is 60.7 cm³/mol. The highest BCUT2D eigenvalue weighted by molar-refractivity contribution is 6.04. The van der Waals surface area contributed by atoms with Gasteiger partial charge in [0, 0.05) is 24.0 Å². The lowest BCUT2D eigenvalue weighted by Crippen LogP contribution is -2.27. The molecule has 0 aliphatic carbocycles. The van der Waals surface area contributed by atoms with E-state index in [0.717, 1.165) is 22.6 Å². The van der Waals surface area contributed by atoms with Crippen LogP contribution >= 0.6 is 0 Å². The van der Waals surface area contributed by atoms with Crippen LogP contribution in [0, 0.1) is 13.8 Å². The van der Waals surface area contributed by atoms with Crippen LogP contribution < -0.4 is 0 Å². The molecule has 5 heteroatoms. The molecule has 0 spiro atoms. The lowest BCUT2D eigenvalue weighted by molar-refractivity contribution is -0.137. The van der Waals surface area contributed by atoms with E-state index in [4.69, 9.17) is 0 Å². The summed E-state index contributed by atoms with van der Waals surface area (Å²) in [7, 11) is 1.49. The fourth-order valence-corrected chi connectivity index (χ4v) is 2.34. The average molecular weight is 234 g/mol. The molecule has 0 bridgehead atoms. The molecule has 90 valence electrons. The Labute approximate surface area is 99.0 Å². The summed E-state index contributed by atoms with van der Waals surface area (Å²) in [6.07, 6.45) is 0.938. The third kappa shape index (κ3) is 1.58. The monoisotopic (exact) mass is 234 g/mol. The fraction of sp³-hybridized carbons (Fsp3) is 0.417. The number of carbonyl (C=O) groups is 3. The van der Waals surface area contributed by atoms with Crippen LogP contribution in [0.4, 0.5) is 0 Å². The lowest BCUT2D eigenvalue weighted by atomic mass is 10.2. The zero-order valence-corrected chi connectivity index (χ0v) is 10.1. The van der Waals surface area contributed by atoms with Gasteiger partial charge < -0.3 is 4.57 Å². The van der Waals surface area contributed by atoms with Crippen LogP contribution in [0.1, 0.15) is 34.2 Å². The fourth-order valence-electron chi connectivity index (χ4n) is 2.34. The van der Waals surface area contributed by atoms with Gasteiger partial charge in [0.25, 0.3) is 5.91 Å². The summed E-state index contributed by atoms with van der Waals surface area (Å²) in [5, 5.41) is 0. The Morgan fingerprint density at radius 2 is 2.00 bits per heavy atom. The molecule has 0 N–H and O–H groups in total. The van der Waals surface area contributed by atoms with Crippen molar-refractivity contribution in [1.29, 1.82) is 0 Å². The number of imide groups is 1. The van der Waals surface area contributed by atoms with E-state index in [1.165, 1.54) is 7.05 Å². The zero-order chi connectivity index (χ0) is 12.7. The van der Waals surface area contributed by atoms with Crippen molar-refractivity contribution in [2.24, 2.45) is 0 Å². The SMILES string of the molecule is Cc1cc(C=O)c(C)n1C1CC(=O)N(C)C1=O. The number of rotatable bonds is 2.